The molecular weight excluding hydrogens is 663 g/mol. The largest absolute Gasteiger partial charge is 0.463 e. The Morgan fingerprint density at radius 3 is 1.45 bits per heavy atom. The minimum atomic E-state index is -0.423. The van der Waals surface area contributed by atoms with Gasteiger partial charge in [-0.25, -0.2) is 0 Å². The van der Waals surface area contributed by atoms with Gasteiger partial charge in [0.15, 0.2) is 6.29 Å². The predicted octanol–water partition coefficient (Wildman–Crippen LogP) is 12.7. The zero-order valence-electron chi connectivity index (χ0n) is 36.0. The number of carbonyl (C=O) groups is 2. The Bertz CT molecular complexity index is 839. The lowest BCUT2D eigenvalue weighted by Gasteiger charge is -2.43. The van der Waals surface area contributed by atoms with E-state index < -0.39 is 6.29 Å². The number of carbonyl (C=O) groups excluding carboxylic acids is 2. The van der Waals surface area contributed by atoms with E-state index in [0.29, 0.717) is 32.2 Å². The summed E-state index contributed by atoms with van der Waals surface area (Å²) in [6, 6.07) is -0.228. The summed E-state index contributed by atoms with van der Waals surface area (Å²) in [6.07, 6.45) is 35.5. The Balaban J connectivity index is 2.38. The quantitative estimate of drug-likeness (QED) is 0.0503. The fourth-order valence-corrected chi connectivity index (χ4v) is 7.64. The zero-order chi connectivity index (χ0) is 38.8. The van der Waals surface area contributed by atoms with E-state index in [0.717, 1.165) is 19.3 Å². The van der Waals surface area contributed by atoms with Gasteiger partial charge in [-0.1, -0.05) is 195 Å². The lowest BCUT2D eigenvalue weighted by Crippen LogP contribution is -2.50. The van der Waals surface area contributed by atoms with Crippen molar-refractivity contribution in [1.82, 2.24) is 5.32 Å². The smallest absolute Gasteiger partial charge is 0.302 e. The highest BCUT2D eigenvalue weighted by Gasteiger charge is 2.40. The minimum Gasteiger partial charge on any atom is -0.463 e. The molecule has 3 unspecified atom stereocenters. The Morgan fingerprint density at radius 1 is 0.566 bits per heavy atom. The summed E-state index contributed by atoms with van der Waals surface area (Å²) in [5.74, 6) is 0.543. The summed E-state index contributed by atoms with van der Waals surface area (Å²) < 4.78 is 24.1. The van der Waals surface area contributed by atoms with Gasteiger partial charge in [-0.15, -0.1) is 0 Å². The summed E-state index contributed by atoms with van der Waals surface area (Å²) in [5, 5.41) is 3.22. The van der Waals surface area contributed by atoms with Crippen LogP contribution in [0.4, 0.5) is 0 Å². The average molecular weight is 752 g/mol. The number of nitrogens with one attached hydrogen (secondary N) is 1. The molecule has 1 fully saturated rings. The highest BCUT2D eigenvalue weighted by atomic mass is 16.7. The second-order valence-corrected chi connectivity index (χ2v) is 16.7. The summed E-state index contributed by atoms with van der Waals surface area (Å²) in [7, 11) is 0. The van der Waals surface area contributed by atoms with Crippen LogP contribution in [-0.2, 0) is 28.5 Å². The molecule has 1 aliphatic heterocycles. The maximum absolute atomic E-state index is 13.0. The van der Waals surface area contributed by atoms with Crippen molar-refractivity contribution < 1.29 is 28.5 Å². The standard InChI is InChI=1S/C46H89NO6/c1-7-9-11-13-15-17-19-21-23-25-27-29-31-33-35-50-36-43(37-52-46-41(5)39(3)40(4)44(53-46)38-51-42(6)48)47-45(49)34-32-30-28-26-24-22-20-18-16-14-12-10-8-2/h39-41,43-44,46H,7-38H2,1-6H3,(H,47,49)/t39-,40-,41?,43?,44?,46+/m0/s1. The monoisotopic (exact) mass is 752 g/mol. The SMILES string of the molecule is CCCCCCCCCCCCCCCCOCC(CO[C@@H]1OC(COC(C)=O)[C@@H](C)[C@H](C)C1C)NC(=O)CCCCCCCCCCCCCCC. The van der Waals surface area contributed by atoms with E-state index in [4.69, 9.17) is 18.9 Å². The molecule has 53 heavy (non-hydrogen) atoms. The third-order valence-electron chi connectivity index (χ3n) is 11.7. The first kappa shape index (κ1) is 49.8. The van der Waals surface area contributed by atoms with Crippen LogP contribution in [0, 0.1) is 17.8 Å². The van der Waals surface area contributed by atoms with Crippen molar-refractivity contribution in [3.8, 4) is 0 Å². The van der Waals surface area contributed by atoms with Gasteiger partial charge in [0, 0.05) is 25.9 Å². The lowest BCUT2D eigenvalue weighted by molar-refractivity contribution is -0.257. The highest BCUT2D eigenvalue weighted by molar-refractivity contribution is 5.76. The van der Waals surface area contributed by atoms with Gasteiger partial charge < -0.3 is 24.3 Å². The van der Waals surface area contributed by atoms with Gasteiger partial charge in [-0.2, -0.15) is 0 Å². The van der Waals surface area contributed by atoms with Gasteiger partial charge >= 0.3 is 5.97 Å². The topological polar surface area (TPSA) is 83.1 Å². The molecular formula is C46H89NO6. The van der Waals surface area contributed by atoms with Crippen LogP contribution in [0.1, 0.15) is 221 Å². The van der Waals surface area contributed by atoms with Gasteiger partial charge in [0.05, 0.1) is 25.4 Å². The highest BCUT2D eigenvalue weighted by Crippen LogP contribution is 2.35. The molecule has 0 aliphatic carbocycles. The van der Waals surface area contributed by atoms with Gasteiger partial charge in [0.25, 0.3) is 0 Å². The molecule has 0 bridgehead atoms. The lowest BCUT2D eigenvalue weighted by atomic mass is 9.79. The molecule has 6 atom stereocenters. The summed E-state index contributed by atoms with van der Waals surface area (Å²) in [5.41, 5.74) is 0. The molecule has 0 spiro atoms. The molecule has 1 rings (SSSR count). The normalized spacial score (nSPS) is 20.8. The summed E-state index contributed by atoms with van der Waals surface area (Å²) in [6.45, 7) is 14.2. The van der Waals surface area contributed by atoms with Crippen LogP contribution >= 0.6 is 0 Å². The van der Waals surface area contributed by atoms with Crippen molar-refractivity contribution in [3.05, 3.63) is 0 Å². The van der Waals surface area contributed by atoms with Crippen LogP contribution in [0.15, 0.2) is 0 Å². The van der Waals surface area contributed by atoms with E-state index in [1.807, 2.05) is 0 Å². The van der Waals surface area contributed by atoms with Crippen LogP contribution < -0.4 is 5.32 Å². The first-order valence-corrected chi connectivity index (χ1v) is 23.1. The summed E-state index contributed by atoms with van der Waals surface area (Å²) in [4.78, 5) is 24.5. The van der Waals surface area contributed by atoms with Crippen molar-refractivity contribution >= 4 is 11.9 Å². The first-order valence-electron chi connectivity index (χ1n) is 23.1. The predicted molar refractivity (Wildman–Crippen MR) is 222 cm³/mol. The Morgan fingerprint density at radius 2 is 1.00 bits per heavy atom. The Kier molecular flexibility index (Phi) is 33.1. The van der Waals surface area contributed by atoms with E-state index in [-0.39, 0.29) is 42.5 Å². The van der Waals surface area contributed by atoms with Crippen LogP contribution in [-0.4, -0.2) is 56.7 Å². The Labute approximate surface area is 328 Å². The molecule has 7 heteroatoms. The van der Waals surface area contributed by atoms with Crippen LogP contribution in [0.3, 0.4) is 0 Å². The van der Waals surface area contributed by atoms with Crippen molar-refractivity contribution in [1.29, 1.82) is 0 Å². The number of hydrogen-bond acceptors (Lipinski definition) is 6. The maximum atomic E-state index is 13.0. The number of unbranched alkanes of at least 4 members (excludes halogenated alkanes) is 25. The van der Waals surface area contributed by atoms with Crippen molar-refractivity contribution in [2.24, 2.45) is 17.8 Å². The van der Waals surface area contributed by atoms with Crippen molar-refractivity contribution in [2.45, 2.75) is 240 Å². The minimum absolute atomic E-state index is 0.0779. The molecule has 0 aromatic heterocycles. The average Bonchev–Trinajstić information content (AvgIpc) is 3.14. The summed E-state index contributed by atoms with van der Waals surface area (Å²) >= 11 is 0. The molecule has 0 saturated carbocycles. The van der Waals surface area contributed by atoms with Gasteiger partial charge in [-0.05, 0) is 24.7 Å². The van der Waals surface area contributed by atoms with Gasteiger partial charge in [0.2, 0.25) is 5.91 Å². The molecule has 1 amide bonds. The fourth-order valence-electron chi connectivity index (χ4n) is 7.64. The number of esters is 1. The molecule has 1 N–H and O–H groups in total. The van der Waals surface area contributed by atoms with E-state index in [1.165, 1.54) is 161 Å². The van der Waals surface area contributed by atoms with E-state index in [1.54, 1.807) is 0 Å². The first-order chi connectivity index (χ1) is 25.8. The van der Waals surface area contributed by atoms with Crippen molar-refractivity contribution in [3.63, 3.8) is 0 Å². The molecule has 7 nitrogen and oxygen atoms in total. The number of hydrogen-bond donors (Lipinski definition) is 1. The van der Waals surface area contributed by atoms with E-state index in [9.17, 15) is 9.59 Å². The number of ether oxygens (including phenoxy) is 4. The maximum Gasteiger partial charge on any atom is 0.302 e. The van der Waals surface area contributed by atoms with Crippen LogP contribution in [0.25, 0.3) is 0 Å². The van der Waals surface area contributed by atoms with Crippen LogP contribution in [0.2, 0.25) is 0 Å². The second kappa shape index (κ2) is 35.2. The van der Waals surface area contributed by atoms with Crippen LogP contribution in [0.5, 0.6) is 0 Å². The van der Waals surface area contributed by atoms with E-state index in [2.05, 4.69) is 39.9 Å². The number of amides is 1. The third kappa shape index (κ3) is 28.0. The molecule has 1 aliphatic rings. The van der Waals surface area contributed by atoms with E-state index >= 15 is 0 Å². The van der Waals surface area contributed by atoms with Crippen molar-refractivity contribution in [2.75, 3.05) is 26.4 Å². The van der Waals surface area contributed by atoms with Gasteiger partial charge in [0.1, 0.15) is 6.61 Å². The molecule has 1 heterocycles. The molecule has 0 aromatic carbocycles. The molecule has 314 valence electrons. The number of rotatable bonds is 37. The third-order valence-corrected chi connectivity index (χ3v) is 11.7. The zero-order valence-corrected chi connectivity index (χ0v) is 36.0. The Hall–Kier alpha value is -1.18. The fraction of sp³-hybridized carbons (Fsp3) is 0.957. The second-order valence-electron chi connectivity index (χ2n) is 16.7. The molecule has 0 aromatic rings. The molecule has 0 radical (unpaired) electrons. The van der Waals surface area contributed by atoms with Gasteiger partial charge in [-0.3, -0.25) is 9.59 Å². The molecule has 1 saturated heterocycles.